The van der Waals surface area contributed by atoms with Gasteiger partial charge in [-0.1, -0.05) is 13.8 Å². The number of likely N-dealkylation sites (N-methyl/N-ethyl adjacent to an activating group) is 1. The van der Waals surface area contributed by atoms with Crippen LogP contribution >= 0.6 is 0 Å². The van der Waals surface area contributed by atoms with E-state index < -0.39 is 5.60 Å². The maximum absolute atomic E-state index is 9.69. The normalized spacial score (nSPS) is 14.4. The Balaban J connectivity index is 4.45. The van der Waals surface area contributed by atoms with Crippen LogP contribution in [-0.4, -0.2) is 40.6 Å². The van der Waals surface area contributed by atoms with E-state index in [0.717, 1.165) is 13.0 Å². The lowest BCUT2D eigenvalue weighted by atomic mass is 10.1. The number of aliphatic hydroxyl groups is 1. The van der Waals surface area contributed by atoms with Gasteiger partial charge in [0, 0.05) is 6.54 Å². The summed E-state index contributed by atoms with van der Waals surface area (Å²) in [6.45, 7) is 8.88. The second-order valence-corrected chi connectivity index (χ2v) is 4.25. The Bertz CT molecular complexity index is 186. The summed E-state index contributed by atoms with van der Waals surface area (Å²) in [4.78, 5) is 2.03. The SMILES string of the molecule is CCC(C(=N)N)N(CC)CC(C)(C)O. The van der Waals surface area contributed by atoms with Gasteiger partial charge in [0.05, 0.1) is 11.6 Å². The highest BCUT2D eigenvalue weighted by Gasteiger charge is 2.24. The molecule has 4 heteroatoms. The smallest absolute Gasteiger partial charge is 0.108 e. The van der Waals surface area contributed by atoms with Crippen molar-refractivity contribution in [3.05, 3.63) is 0 Å². The summed E-state index contributed by atoms with van der Waals surface area (Å²) < 4.78 is 0. The van der Waals surface area contributed by atoms with Gasteiger partial charge in [0.1, 0.15) is 5.84 Å². The summed E-state index contributed by atoms with van der Waals surface area (Å²) in [5.41, 5.74) is 4.77. The van der Waals surface area contributed by atoms with Gasteiger partial charge in [-0.15, -0.1) is 0 Å². The third-order valence-electron chi connectivity index (χ3n) is 2.18. The van der Waals surface area contributed by atoms with E-state index in [2.05, 4.69) is 0 Å². The molecule has 84 valence electrons. The quantitative estimate of drug-likeness (QED) is 0.439. The van der Waals surface area contributed by atoms with Gasteiger partial charge in [0.15, 0.2) is 0 Å². The lowest BCUT2D eigenvalue weighted by molar-refractivity contribution is 0.0310. The number of nitrogens with zero attached hydrogens (tertiary/aromatic N) is 1. The molecule has 0 aliphatic rings. The Labute approximate surface area is 86.6 Å². The molecular formula is C10H23N3O. The van der Waals surface area contributed by atoms with E-state index in [-0.39, 0.29) is 11.9 Å². The molecule has 0 rings (SSSR count). The van der Waals surface area contributed by atoms with Crippen LogP contribution in [0.2, 0.25) is 0 Å². The Hall–Kier alpha value is -0.610. The van der Waals surface area contributed by atoms with Crippen LogP contribution in [0, 0.1) is 5.41 Å². The van der Waals surface area contributed by atoms with Gasteiger partial charge in [0.25, 0.3) is 0 Å². The van der Waals surface area contributed by atoms with Crippen molar-refractivity contribution in [3.8, 4) is 0 Å². The Kier molecular flexibility index (Phi) is 5.08. The maximum atomic E-state index is 9.69. The number of rotatable bonds is 6. The van der Waals surface area contributed by atoms with Gasteiger partial charge >= 0.3 is 0 Å². The van der Waals surface area contributed by atoms with E-state index in [9.17, 15) is 5.11 Å². The number of hydrogen-bond donors (Lipinski definition) is 3. The Morgan fingerprint density at radius 1 is 1.50 bits per heavy atom. The summed E-state index contributed by atoms with van der Waals surface area (Å²) in [6.07, 6.45) is 0.805. The van der Waals surface area contributed by atoms with E-state index >= 15 is 0 Å². The van der Waals surface area contributed by atoms with Crippen LogP contribution < -0.4 is 5.73 Å². The zero-order chi connectivity index (χ0) is 11.4. The molecule has 0 aromatic rings. The predicted octanol–water partition coefficient (Wildman–Crippen LogP) is 0.794. The molecule has 0 heterocycles. The van der Waals surface area contributed by atoms with Gasteiger partial charge in [-0.25, -0.2) is 0 Å². The van der Waals surface area contributed by atoms with E-state index in [0.29, 0.717) is 6.54 Å². The summed E-state index contributed by atoms with van der Waals surface area (Å²) in [7, 11) is 0. The molecule has 1 atom stereocenters. The maximum Gasteiger partial charge on any atom is 0.108 e. The minimum atomic E-state index is -0.737. The lowest BCUT2D eigenvalue weighted by Crippen LogP contribution is -2.49. The van der Waals surface area contributed by atoms with Crippen molar-refractivity contribution < 1.29 is 5.11 Å². The van der Waals surface area contributed by atoms with Crippen LogP contribution in [0.5, 0.6) is 0 Å². The van der Waals surface area contributed by atoms with E-state index in [1.165, 1.54) is 0 Å². The number of hydrogen-bond acceptors (Lipinski definition) is 3. The van der Waals surface area contributed by atoms with Crippen LogP contribution in [0.3, 0.4) is 0 Å². The highest BCUT2D eigenvalue weighted by molar-refractivity contribution is 5.82. The summed E-state index contributed by atoms with van der Waals surface area (Å²) in [5.74, 6) is 0.179. The van der Waals surface area contributed by atoms with Crippen LogP contribution in [0.1, 0.15) is 34.1 Å². The average molecular weight is 201 g/mol. The molecule has 0 spiro atoms. The number of nitrogens with one attached hydrogen (secondary N) is 1. The Morgan fingerprint density at radius 2 is 2.00 bits per heavy atom. The van der Waals surface area contributed by atoms with E-state index in [1.807, 2.05) is 18.7 Å². The molecule has 4 N–H and O–H groups in total. The summed E-state index contributed by atoms with van der Waals surface area (Å²) in [6, 6.07) is -0.0496. The van der Waals surface area contributed by atoms with E-state index in [4.69, 9.17) is 11.1 Å². The van der Waals surface area contributed by atoms with Gasteiger partial charge in [0.2, 0.25) is 0 Å². The fraction of sp³-hybridized carbons (Fsp3) is 0.900. The zero-order valence-electron chi connectivity index (χ0n) is 9.67. The first-order chi connectivity index (χ1) is 6.31. The average Bonchev–Trinajstić information content (AvgIpc) is 2.00. The highest BCUT2D eigenvalue weighted by Crippen LogP contribution is 2.10. The first kappa shape index (κ1) is 13.4. The molecule has 0 aliphatic carbocycles. The predicted molar refractivity (Wildman–Crippen MR) is 59.5 cm³/mol. The molecule has 0 saturated heterocycles. The van der Waals surface area contributed by atoms with Crippen molar-refractivity contribution in [2.45, 2.75) is 45.8 Å². The molecule has 4 nitrogen and oxygen atoms in total. The molecule has 0 radical (unpaired) electrons. The summed E-state index contributed by atoms with van der Waals surface area (Å²) in [5, 5.41) is 17.1. The molecule has 0 aliphatic heterocycles. The van der Waals surface area contributed by atoms with Crippen molar-refractivity contribution >= 4 is 5.84 Å². The minimum absolute atomic E-state index is 0.0496. The highest BCUT2D eigenvalue weighted by atomic mass is 16.3. The van der Waals surface area contributed by atoms with E-state index in [1.54, 1.807) is 13.8 Å². The van der Waals surface area contributed by atoms with Crippen LogP contribution in [-0.2, 0) is 0 Å². The topological polar surface area (TPSA) is 73.3 Å². The largest absolute Gasteiger partial charge is 0.389 e. The molecule has 0 saturated carbocycles. The van der Waals surface area contributed by atoms with Crippen LogP contribution in [0.4, 0.5) is 0 Å². The van der Waals surface area contributed by atoms with Crippen LogP contribution in [0.15, 0.2) is 0 Å². The van der Waals surface area contributed by atoms with Crippen molar-refractivity contribution in [1.29, 1.82) is 5.41 Å². The number of amidine groups is 1. The Morgan fingerprint density at radius 3 is 2.21 bits per heavy atom. The van der Waals surface area contributed by atoms with Crippen molar-refractivity contribution in [2.75, 3.05) is 13.1 Å². The third kappa shape index (κ3) is 4.58. The molecule has 1 unspecified atom stereocenters. The van der Waals surface area contributed by atoms with Crippen molar-refractivity contribution in [2.24, 2.45) is 5.73 Å². The molecule has 14 heavy (non-hydrogen) atoms. The third-order valence-corrected chi connectivity index (χ3v) is 2.18. The van der Waals surface area contributed by atoms with Gasteiger partial charge in [-0.3, -0.25) is 10.3 Å². The first-order valence-corrected chi connectivity index (χ1v) is 5.12. The molecular weight excluding hydrogens is 178 g/mol. The van der Waals surface area contributed by atoms with Crippen molar-refractivity contribution in [3.63, 3.8) is 0 Å². The van der Waals surface area contributed by atoms with Crippen molar-refractivity contribution in [1.82, 2.24) is 4.90 Å². The second-order valence-electron chi connectivity index (χ2n) is 4.25. The van der Waals surface area contributed by atoms with Gasteiger partial charge < -0.3 is 10.8 Å². The standard InChI is InChI=1S/C10H23N3O/c1-5-8(9(11)12)13(6-2)7-10(3,4)14/h8,14H,5-7H2,1-4H3,(H3,11,12). The molecule has 0 aromatic heterocycles. The first-order valence-electron chi connectivity index (χ1n) is 5.12. The zero-order valence-corrected chi connectivity index (χ0v) is 9.67. The lowest BCUT2D eigenvalue weighted by Gasteiger charge is -2.33. The number of nitrogens with two attached hydrogens (primary N) is 1. The second kappa shape index (κ2) is 5.32. The van der Waals surface area contributed by atoms with Crippen LogP contribution in [0.25, 0.3) is 0 Å². The minimum Gasteiger partial charge on any atom is -0.389 e. The monoisotopic (exact) mass is 201 g/mol. The van der Waals surface area contributed by atoms with Gasteiger partial charge in [-0.2, -0.15) is 0 Å². The summed E-state index contributed by atoms with van der Waals surface area (Å²) >= 11 is 0. The molecule has 0 bridgehead atoms. The fourth-order valence-electron chi connectivity index (χ4n) is 1.61. The fourth-order valence-corrected chi connectivity index (χ4v) is 1.61. The molecule has 0 aromatic carbocycles. The molecule has 0 fully saturated rings. The molecule has 0 amide bonds. The van der Waals surface area contributed by atoms with Gasteiger partial charge in [-0.05, 0) is 26.8 Å².